The Kier molecular flexibility index (Phi) is 4.64. The fraction of sp³-hybridized carbons (Fsp3) is 0.417. The molecule has 0 aliphatic carbocycles. The molecule has 1 atom stereocenters. The normalized spacial score (nSPS) is 12.3. The summed E-state index contributed by atoms with van der Waals surface area (Å²) in [5.41, 5.74) is 5.74. The lowest BCUT2D eigenvalue weighted by Gasteiger charge is -2.11. The van der Waals surface area contributed by atoms with Crippen molar-refractivity contribution in [3.8, 4) is 0 Å². The van der Waals surface area contributed by atoms with Crippen LogP contribution < -0.4 is 11.1 Å². The molecule has 1 amide bonds. The minimum absolute atomic E-state index is 0.0609. The molecular formula is C12H17N5OS. The Morgan fingerprint density at radius 1 is 1.63 bits per heavy atom. The predicted molar refractivity (Wildman–Crippen MR) is 74.0 cm³/mol. The number of amides is 1. The van der Waals surface area contributed by atoms with Crippen LogP contribution in [-0.2, 0) is 13.0 Å². The highest BCUT2D eigenvalue weighted by Gasteiger charge is 2.14. The van der Waals surface area contributed by atoms with Crippen molar-refractivity contribution in [1.82, 2.24) is 20.3 Å². The van der Waals surface area contributed by atoms with Crippen molar-refractivity contribution in [1.29, 1.82) is 0 Å². The first-order chi connectivity index (χ1) is 9.19. The molecule has 0 spiro atoms. The first-order valence-corrected chi connectivity index (χ1v) is 7.00. The molecule has 2 rings (SSSR count). The monoisotopic (exact) mass is 279 g/mol. The fourth-order valence-electron chi connectivity index (χ4n) is 1.72. The maximum absolute atomic E-state index is 11.9. The van der Waals surface area contributed by atoms with E-state index in [0.29, 0.717) is 18.8 Å². The van der Waals surface area contributed by atoms with Crippen LogP contribution >= 0.6 is 11.3 Å². The van der Waals surface area contributed by atoms with Crippen LogP contribution in [0.1, 0.15) is 22.3 Å². The van der Waals surface area contributed by atoms with Crippen molar-refractivity contribution in [3.63, 3.8) is 0 Å². The largest absolute Gasteiger partial charge is 0.348 e. The van der Waals surface area contributed by atoms with Crippen molar-refractivity contribution >= 4 is 17.2 Å². The number of nitrogens with one attached hydrogen (secondary N) is 1. The van der Waals surface area contributed by atoms with Gasteiger partial charge in [-0.1, -0.05) is 11.3 Å². The number of aromatic nitrogens is 3. The van der Waals surface area contributed by atoms with Crippen LogP contribution in [0.15, 0.2) is 23.7 Å². The van der Waals surface area contributed by atoms with E-state index in [1.807, 2.05) is 18.4 Å². The zero-order valence-electron chi connectivity index (χ0n) is 10.7. The zero-order valence-corrected chi connectivity index (χ0v) is 11.6. The Bertz CT molecular complexity index is 522. The summed E-state index contributed by atoms with van der Waals surface area (Å²) in [6.45, 7) is 3.01. The minimum atomic E-state index is -0.202. The molecule has 3 N–H and O–H groups in total. The molecule has 0 aromatic carbocycles. The van der Waals surface area contributed by atoms with Crippen LogP contribution in [0.3, 0.4) is 0 Å². The molecule has 2 aromatic heterocycles. The molecule has 1 unspecified atom stereocenters. The van der Waals surface area contributed by atoms with Crippen molar-refractivity contribution in [3.05, 3.63) is 34.3 Å². The quantitative estimate of drug-likeness (QED) is 0.813. The average molecular weight is 279 g/mol. The Balaban J connectivity index is 1.88. The molecule has 19 heavy (non-hydrogen) atoms. The second-order valence-electron chi connectivity index (χ2n) is 4.31. The number of carbonyl (C=O) groups excluding carboxylic acids is 1. The summed E-state index contributed by atoms with van der Waals surface area (Å²) in [6, 6.07) is 4.13. The smallest absolute Gasteiger partial charge is 0.273 e. The SMILES string of the molecule is CC(Cc1cccs1)NC(=O)c1cn(CCN)nn1. The molecule has 102 valence electrons. The Morgan fingerprint density at radius 3 is 3.16 bits per heavy atom. The van der Waals surface area contributed by atoms with Crippen LogP contribution in [-0.4, -0.2) is 33.5 Å². The van der Waals surface area contributed by atoms with Crippen molar-refractivity contribution in [2.75, 3.05) is 6.54 Å². The van der Waals surface area contributed by atoms with Gasteiger partial charge in [0.1, 0.15) is 0 Å². The van der Waals surface area contributed by atoms with Gasteiger partial charge < -0.3 is 11.1 Å². The topological polar surface area (TPSA) is 85.8 Å². The summed E-state index contributed by atoms with van der Waals surface area (Å²) in [5.74, 6) is -0.202. The van der Waals surface area contributed by atoms with E-state index in [9.17, 15) is 4.79 Å². The van der Waals surface area contributed by atoms with E-state index in [1.165, 1.54) is 4.88 Å². The van der Waals surface area contributed by atoms with Gasteiger partial charge in [-0.05, 0) is 18.4 Å². The fourth-order valence-corrected chi connectivity index (χ4v) is 2.56. The molecule has 7 heteroatoms. The summed E-state index contributed by atoms with van der Waals surface area (Å²) in [7, 11) is 0. The molecule has 2 aromatic rings. The summed E-state index contributed by atoms with van der Waals surface area (Å²) < 4.78 is 1.57. The number of carbonyl (C=O) groups is 1. The molecule has 6 nitrogen and oxygen atoms in total. The van der Waals surface area contributed by atoms with E-state index in [2.05, 4.69) is 21.7 Å². The summed E-state index contributed by atoms with van der Waals surface area (Å²) in [5, 5.41) is 12.6. The van der Waals surface area contributed by atoms with E-state index < -0.39 is 0 Å². The Labute approximate surface area is 115 Å². The van der Waals surface area contributed by atoms with Gasteiger partial charge >= 0.3 is 0 Å². The van der Waals surface area contributed by atoms with Gasteiger partial charge in [-0.15, -0.1) is 16.4 Å². The van der Waals surface area contributed by atoms with Gasteiger partial charge in [-0.3, -0.25) is 9.48 Å². The zero-order chi connectivity index (χ0) is 13.7. The molecule has 2 heterocycles. The molecule has 0 aliphatic rings. The summed E-state index contributed by atoms with van der Waals surface area (Å²) >= 11 is 1.69. The van der Waals surface area contributed by atoms with Gasteiger partial charge in [0.2, 0.25) is 0 Å². The van der Waals surface area contributed by atoms with Gasteiger partial charge in [0, 0.05) is 23.9 Å². The number of hydrogen-bond acceptors (Lipinski definition) is 5. The molecule has 0 bridgehead atoms. The first-order valence-electron chi connectivity index (χ1n) is 6.12. The summed E-state index contributed by atoms with van der Waals surface area (Å²) in [4.78, 5) is 13.2. The Morgan fingerprint density at radius 2 is 2.47 bits per heavy atom. The molecule has 0 fully saturated rings. The Hall–Kier alpha value is -1.73. The third-order valence-electron chi connectivity index (χ3n) is 2.59. The number of nitrogens with two attached hydrogens (primary N) is 1. The van der Waals surface area contributed by atoms with E-state index in [4.69, 9.17) is 5.73 Å². The van der Waals surface area contributed by atoms with Gasteiger partial charge in [-0.2, -0.15) is 0 Å². The van der Waals surface area contributed by atoms with Crippen LogP contribution in [0.25, 0.3) is 0 Å². The number of thiophene rings is 1. The van der Waals surface area contributed by atoms with Crippen molar-refractivity contribution in [2.24, 2.45) is 5.73 Å². The standard InChI is InChI=1S/C12H17N5OS/c1-9(7-10-3-2-6-19-10)14-12(18)11-8-17(5-4-13)16-15-11/h2-3,6,8-9H,4-5,7,13H2,1H3,(H,14,18). The van der Waals surface area contributed by atoms with Gasteiger partial charge in [0.15, 0.2) is 5.69 Å². The second kappa shape index (κ2) is 6.44. The predicted octanol–water partition coefficient (Wildman–Crippen LogP) is 0.659. The van der Waals surface area contributed by atoms with Crippen LogP contribution in [0, 0.1) is 0 Å². The number of hydrogen-bond donors (Lipinski definition) is 2. The van der Waals surface area contributed by atoms with Crippen LogP contribution in [0.5, 0.6) is 0 Å². The van der Waals surface area contributed by atoms with Crippen LogP contribution in [0.2, 0.25) is 0 Å². The molecule has 0 aliphatic heterocycles. The van der Waals surface area contributed by atoms with Crippen LogP contribution in [0.4, 0.5) is 0 Å². The van der Waals surface area contributed by atoms with E-state index >= 15 is 0 Å². The lowest BCUT2D eigenvalue weighted by atomic mass is 10.2. The van der Waals surface area contributed by atoms with E-state index in [1.54, 1.807) is 22.2 Å². The lowest BCUT2D eigenvalue weighted by Crippen LogP contribution is -2.34. The first kappa shape index (κ1) is 13.7. The second-order valence-corrected chi connectivity index (χ2v) is 5.35. The summed E-state index contributed by atoms with van der Waals surface area (Å²) in [6.07, 6.45) is 2.43. The average Bonchev–Trinajstić information content (AvgIpc) is 3.00. The minimum Gasteiger partial charge on any atom is -0.348 e. The van der Waals surface area contributed by atoms with Crippen molar-refractivity contribution < 1.29 is 4.79 Å². The number of nitrogens with zero attached hydrogens (tertiary/aromatic N) is 3. The maximum Gasteiger partial charge on any atom is 0.273 e. The molecule has 0 saturated heterocycles. The molecule has 0 saturated carbocycles. The van der Waals surface area contributed by atoms with Gasteiger partial charge in [-0.25, -0.2) is 0 Å². The molecule has 0 radical (unpaired) electrons. The molecular weight excluding hydrogens is 262 g/mol. The van der Waals surface area contributed by atoms with E-state index in [-0.39, 0.29) is 11.9 Å². The highest BCUT2D eigenvalue weighted by Crippen LogP contribution is 2.11. The third-order valence-corrected chi connectivity index (χ3v) is 3.49. The lowest BCUT2D eigenvalue weighted by molar-refractivity contribution is 0.0935. The highest BCUT2D eigenvalue weighted by atomic mass is 32.1. The van der Waals surface area contributed by atoms with Gasteiger partial charge in [0.25, 0.3) is 5.91 Å². The van der Waals surface area contributed by atoms with E-state index in [0.717, 1.165) is 6.42 Å². The third kappa shape index (κ3) is 3.87. The maximum atomic E-state index is 11.9. The highest BCUT2D eigenvalue weighted by molar-refractivity contribution is 7.09. The van der Waals surface area contributed by atoms with Gasteiger partial charge in [0.05, 0.1) is 12.7 Å². The number of rotatable bonds is 6. The van der Waals surface area contributed by atoms with Crippen molar-refractivity contribution in [2.45, 2.75) is 25.9 Å².